The monoisotopic (exact) mass is 296 g/mol. The molecule has 0 aliphatic heterocycles. The van der Waals surface area contributed by atoms with Crippen LogP contribution in [0.4, 0.5) is 0 Å². The zero-order valence-electron chi connectivity index (χ0n) is 11.8. The smallest absolute Gasteiger partial charge is 0.254 e. The fraction of sp³-hybridized carbons (Fsp3) is 0.500. The molecule has 5 nitrogen and oxygen atoms in total. The average molecular weight is 296 g/mol. The number of hydrogen-bond acceptors (Lipinski definition) is 3. The Hall–Kier alpha value is -1.40. The molecule has 20 heavy (non-hydrogen) atoms. The van der Waals surface area contributed by atoms with Gasteiger partial charge in [-0.15, -0.1) is 0 Å². The first-order chi connectivity index (χ1) is 9.32. The predicted octanol–water partition coefficient (Wildman–Crippen LogP) is 1.51. The van der Waals surface area contributed by atoms with Crippen LogP contribution in [0.25, 0.3) is 0 Å². The molecule has 0 radical (unpaired) electrons. The topological polar surface area (TPSA) is 80.5 Å². The summed E-state index contributed by atoms with van der Waals surface area (Å²) in [5.74, 6) is 0.584. The molecular weight excluding hydrogens is 276 g/mol. The summed E-state index contributed by atoms with van der Waals surface area (Å²) in [6, 6.07) is 4.39. The largest absolute Gasteiger partial charge is 0.339 e. The highest BCUT2D eigenvalue weighted by Crippen LogP contribution is 2.30. The fourth-order valence-electron chi connectivity index (χ4n) is 2.19. The number of sulfonamides is 1. The zero-order chi connectivity index (χ0) is 14.9. The summed E-state index contributed by atoms with van der Waals surface area (Å²) in [7, 11) is -3.73. The second kappa shape index (κ2) is 5.54. The van der Waals surface area contributed by atoms with Crippen molar-refractivity contribution < 1.29 is 13.2 Å². The molecule has 1 amide bonds. The van der Waals surface area contributed by atoms with Gasteiger partial charge in [0.15, 0.2) is 0 Å². The summed E-state index contributed by atoms with van der Waals surface area (Å²) in [6.45, 7) is 5.12. The van der Waals surface area contributed by atoms with E-state index >= 15 is 0 Å². The molecule has 2 rings (SSSR count). The van der Waals surface area contributed by atoms with E-state index in [-0.39, 0.29) is 10.8 Å². The van der Waals surface area contributed by atoms with Crippen molar-refractivity contribution in [1.29, 1.82) is 0 Å². The number of nitrogens with two attached hydrogens (primary N) is 1. The van der Waals surface area contributed by atoms with E-state index in [2.05, 4.69) is 0 Å². The first-order valence-electron chi connectivity index (χ1n) is 6.75. The van der Waals surface area contributed by atoms with Gasteiger partial charge in [0.25, 0.3) is 5.91 Å². The number of carbonyl (C=O) groups is 1. The summed E-state index contributed by atoms with van der Waals surface area (Å²) < 4.78 is 22.6. The predicted molar refractivity (Wildman–Crippen MR) is 76.9 cm³/mol. The molecule has 0 heterocycles. The van der Waals surface area contributed by atoms with Crippen molar-refractivity contribution in [3.63, 3.8) is 0 Å². The lowest BCUT2D eigenvalue weighted by Gasteiger charge is -2.21. The molecule has 1 aliphatic carbocycles. The van der Waals surface area contributed by atoms with Crippen molar-refractivity contribution in [2.45, 2.75) is 31.6 Å². The molecule has 0 aromatic heterocycles. The van der Waals surface area contributed by atoms with Gasteiger partial charge in [0, 0.05) is 18.7 Å². The minimum Gasteiger partial charge on any atom is -0.339 e. The third kappa shape index (κ3) is 3.37. The van der Waals surface area contributed by atoms with Gasteiger partial charge in [-0.25, -0.2) is 13.6 Å². The second-order valence-electron chi connectivity index (χ2n) is 5.31. The number of hydrogen-bond donors (Lipinski definition) is 1. The molecule has 0 bridgehead atoms. The Kier molecular flexibility index (Phi) is 4.15. The third-order valence-corrected chi connectivity index (χ3v) is 4.51. The molecule has 0 spiro atoms. The number of rotatable bonds is 5. The standard InChI is InChI=1S/C14H20N2O3S/c1-3-16(9-11-4-5-11)14(17)13-7-6-12(8-10(13)2)20(15,18)19/h6-8,11H,3-5,9H2,1-2H3,(H2,15,18,19). The van der Waals surface area contributed by atoms with Crippen LogP contribution in [0.15, 0.2) is 23.1 Å². The van der Waals surface area contributed by atoms with Crippen LogP contribution in [0.2, 0.25) is 0 Å². The molecule has 1 aliphatic rings. The van der Waals surface area contributed by atoms with Crippen molar-refractivity contribution in [2.24, 2.45) is 11.1 Å². The molecule has 6 heteroatoms. The van der Waals surface area contributed by atoms with Crippen molar-refractivity contribution in [1.82, 2.24) is 4.90 Å². The molecule has 110 valence electrons. The van der Waals surface area contributed by atoms with Gasteiger partial charge in [-0.3, -0.25) is 4.79 Å². The Balaban J connectivity index is 2.25. The molecule has 1 aromatic carbocycles. The van der Waals surface area contributed by atoms with E-state index in [0.29, 0.717) is 23.6 Å². The third-order valence-electron chi connectivity index (χ3n) is 3.60. The van der Waals surface area contributed by atoms with Crippen LogP contribution in [0.5, 0.6) is 0 Å². The van der Waals surface area contributed by atoms with E-state index in [1.54, 1.807) is 13.0 Å². The summed E-state index contributed by atoms with van der Waals surface area (Å²) in [5, 5.41) is 5.09. The number of amides is 1. The van der Waals surface area contributed by atoms with Crippen LogP contribution in [0.3, 0.4) is 0 Å². The van der Waals surface area contributed by atoms with Gasteiger partial charge >= 0.3 is 0 Å². The Morgan fingerprint density at radius 2 is 2.05 bits per heavy atom. The highest BCUT2D eigenvalue weighted by atomic mass is 32.2. The maximum Gasteiger partial charge on any atom is 0.254 e. The minimum absolute atomic E-state index is 0.0387. The lowest BCUT2D eigenvalue weighted by atomic mass is 10.1. The fourth-order valence-corrected chi connectivity index (χ4v) is 2.79. The van der Waals surface area contributed by atoms with Crippen LogP contribution in [0, 0.1) is 12.8 Å². The van der Waals surface area contributed by atoms with Crippen LogP contribution in [-0.2, 0) is 10.0 Å². The zero-order valence-corrected chi connectivity index (χ0v) is 12.6. The maximum absolute atomic E-state index is 12.5. The quantitative estimate of drug-likeness (QED) is 0.894. The van der Waals surface area contributed by atoms with Gasteiger partial charge in [-0.2, -0.15) is 0 Å². The second-order valence-corrected chi connectivity index (χ2v) is 6.87. The SMILES string of the molecule is CCN(CC1CC1)C(=O)c1ccc(S(N)(=O)=O)cc1C. The summed E-state index contributed by atoms with van der Waals surface area (Å²) in [4.78, 5) is 14.3. The first kappa shape index (κ1) is 15.0. The highest BCUT2D eigenvalue weighted by Gasteiger charge is 2.27. The minimum atomic E-state index is -3.73. The molecule has 0 saturated heterocycles. The average Bonchev–Trinajstić information content (AvgIpc) is 3.18. The van der Waals surface area contributed by atoms with Gasteiger partial charge in [0.2, 0.25) is 10.0 Å². The molecule has 0 unspecified atom stereocenters. The Bertz CT molecular complexity index is 621. The molecule has 2 N–H and O–H groups in total. The van der Waals surface area contributed by atoms with Crippen molar-refractivity contribution in [3.8, 4) is 0 Å². The Labute approximate surface area is 119 Å². The van der Waals surface area contributed by atoms with Crippen molar-refractivity contribution >= 4 is 15.9 Å². The lowest BCUT2D eigenvalue weighted by Crippen LogP contribution is -2.33. The van der Waals surface area contributed by atoms with Crippen LogP contribution < -0.4 is 5.14 Å². The number of nitrogens with zero attached hydrogens (tertiary/aromatic N) is 1. The normalized spacial score (nSPS) is 15.2. The van der Waals surface area contributed by atoms with E-state index < -0.39 is 10.0 Å². The summed E-state index contributed by atoms with van der Waals surface area (Å²) in [6.07, 6.45) is 2.38. The number of carbonyl (C=O) groups excluding carboxylic acids is 1. The van der Waals surface area contributed by atoms with Gasteiger partial charge in [-0.1, -0.05) is 0 Å². The van der Waals surface area contributed by atoms with Crippen LogP contribution >= 0.6 is 0 Å². The van der Waals surface area contributed by atoms with Gasteiger partial charge in [0.05, 0.1) is 4.90 Å². The number of benzene rings is 1. The van der Waals surface area contributed by atoms with Gasteiger partial charge in [-0.05, 0) is 56.4 Å². The number of primary sulfonamides is 1. The van der Waals surface area contributed by atoms with E-state index in [4.69, 9.17) is 5.14 Å². The molecule has 1 aromatic rings. The van der Waals surface area contributed by atoms with E-state index in [1.165, 1.54) is 25.0 Å². The van der Waals surface area contributed by atoms with E-state index in [0.717, 1.165) is 6.54 Å². The summed E-state index contributed by atoms with van der Waals surface area (Å²) >= 11 is 0. The first-order valence-corrected chi connectivity index (χ1v) is 8.30. The van der Waals surface area contributed by atoms with Gasteiger partial charge in [0.1, 0.15) is 0 Å². The Morgan fingerprint density at radius 1 is 1.40 bits per heavy atom. The molecule has 1 fully saturated rings. The summed E-state index contributed by atoms with van der Waals surface area (Å²) in [5.41, 5.74) is 1.18. The van der Waals surface area contributed by atoms with Gasteiger partial charge < -0.3 is 4.90 Å². The molecular formula is C14H20N2O3S. The maximum atomic E-state index is 12.5. The van der Waals surface area contributed by atoms with Crippen molar-refractivity contribution in [2.75, 3.05) is 13.1 Å². The molecule has 0 atom stereocenters. The molecule has 1 saturated carbocycles. The van der Waals surface area contributed by atoms with Crippen molar-refractivity contribution in [3.05, 3.63) is 29.3 Å². The number of aryl methyl sites for hydroxylation is 1. The van der Waals surface area contributed by atoms with E-state index in [1.807, 2.05) is 11.8 Å². The van der Waals surface area contributed by atoms with Crippen LogP contribution in [-0.4, -0.2) is 32.3 Å². The van der Waals surface area contributed by atoms with E-state index in [9.17, 15) is 13.2 Å². The van der Waals surface area contributed by atoms with Crippen LogP contribution in [0.1, 0.15) is 35.7 Å². The lowest BCUT2D eigenvalue weighted by molar-refractivity contribution is 0.0756. The Morgan fingerprint density at radius 3 is 2.50 bits per heavy atom. The highest BCUT2D eigenvalue weighted by molar-refractivity contribution is 7.89.